The summed E-state index contributed by atoms with van der Waals surface area (Å²) in [4.78, 5) is 34.9. The van der Waals surface area contributed by atoms with Crippen LogP contribution < -0.4 is 5.73 Å². The van der Waals surface area contributed by atoms with Crippen LogP contribution in [0.2, 0.25) is 0 Å². The number of aliphatic hydroxyl groups is 1. The monoisotopic (exact) mass is 854 g/mol. The van der Waals surface area contributed by atoms with Crippen LogP contribution in [-0.4, -0.2) is 60.5 Å². The molecule has 4 N–H and O–H groups in total. The summed E-state index contributed by atoms with van der Waals surface area (Å²) in [5.74, 6) is -1.17. The lowest BCUT2D eigenvalue weighted by Gasteiger charge is -2.20. The summed E-state index contributed by atoms with van der Waals surface area (Å²) in [5, 5.41) is 10.3. The van der Waals surface area contributed by atoms with Crippen LogP contribution in [0.15, 0.2) is 134 Å². The van der Waals surface area contributed by atoms with E-state index in [1.54, 1.807) is 12.2 Å². The van der Waals surface area contributed by atoms with Crippen molar-refractivity contribution in [2.45, 2.75) is 135 Å². The number of nitrogens with two attached hydrogens (primary N) is 1. The second kappa shape index (κ2) is 43.2. The highest BCUT2D eigenvalue weighted by Gasteiger charge is 2.26. The molecule has 2 unspecified atom stereocenters. The molecule has 0 aliphatic rings. The minimum atomic E-state index is -4.47. The molecule has 0 saturated carbocycles. The van der Waals surface area contributed by atoms with E-state index < -0.39 is 38.6 Å². The number of carbonyl (C=O) groups is 2. The Bertz CT molecular complexity index is 1450. The zero-order valence-electron chi connectivity index (χ0n) is 36.5. The summed E-state index contributed by atoms with van der Waals surface area (Å²) in [6.45, 7) is 3.14. The van der Waals surface area contributed by atoms with Crippen LogP contribution in [0.25, 0.3) is 0 Å². The Morgan fingerprint density at radius 2 is 1.07 bits per heavy atom. The third-order valence-electron chi connectivity index (χ3n) is 8.15. The summed E-state index contributed by atoms with van der Waals surface area (Å²) < 4.78 is 32.5. The van der Waals surface area contributed by atoms with Gasteiger partial charge >= 0.3 is 19.8 Å². The number of carbonyl (C=O) groups excluding carboxylic acids is 2. The van der Waals surface area contributed by atoms with Gasteiger partial charge in [0.15, 0.2) is 6.10 Å². The van der Waals surface area contributed by atoms with E-state index in [4.69, 9.17) is 24.3 Å². The molecule has 0 bridgehead atoms. The van der Waals surface area contributed by atoms with Gasteiger partial charge in [-0.05, 0) is 89.9 Å². The molecule has 0 aromatic heterocycles. The lowest BCUT2D eigenvalue weighted by Crippen LogP contribution is -2.30. The van der Waals surface area contributed by atoms with E-state index in [-0.39, 0.29) is 39.0 Å². The fourth-order valence-corrected chi connectivity index (χ4v) is 5.71. The van der Waals surface area contributed by atoms with E-state index in [0.717, 1.165) is 83.5 Å². The number of aliphatic hydroxyl groups excluding tert-OH is 1. The van der Waals surface area contributed by atoms with Crippen molar-refractivity contribution in [1.29, 1.82) is 0 Å². The van der Waals surface area contributed by atoms with Crippen LogP contribution in [0.4, 0.5) is 0 Å². The summed E-state index contributed by atoms with van der Waals surface area (Å²) in [7, 11) is -4.47. The van der Waals surface area contributed by atoms with E-state index in [1.807, 2.05) is 12.2 Å². The fraction of sp³-hybridized carbons (Fsp3) is 0.510. The van der Waals surface area contributed by atoms with Gasteiger partial charge in [-0.25, -0.2) is 4.57 Å². The number of hydrogen-bond acceptors (Lipinski definition) is 9. The third-order valence-corrected chi connectivity index (χ3v) is 9.13. The van der Waals surface area contributed by atoms with E-state index >= 15 is 0 Å². The first-order valence-electron chi connectivity index (χ1n) is 21.8. The number of ether oxygens (including phenoxy) is 2. The van der Waals surface area contributed by atoms with Crippen molar-refractivity contribution in [2.24, 2.45) is 5.73 Å². The molecule has 0 aliphatic carbocycles. The maximum atomic E-state index is 12.6. The zero-order valence-corrected chi connectivity index (χ0v) is 37.4. The predicted molar refractivity (Wildman–Crippen MR) is 248 cm³/mol. The molecule has 0 radical (unpaired) electrons. The van der Waals surface area contributed by atoms with Crippen molar-refractivity contribution in [3.05, 3.63) is 134 Å². The first-order valence-corrected chi connectivity index (χ1v) is 23.3. The van der Waals surface area contributed by atoms with Gasteiger partial charge in [-0.15, -0.1) is 0 Å². The Balaban J connectivity index is 4.48. The highest BCUT2D eigenvalue weighted by Crippen LogP contribution is 2.43. The van der Waals surface area contributed by atoms with Crippen LogP contribution in [0.1, 0.15) is 123 Å². The summed E-state index contributed by atoms with van der Waals surface area (Å²) in [6.07, 6.45) is 56.7. The molecule has 10 nitrogen and oxygen atoms in total. The van der Waals surface area contributed by atoms with Crippen LogP contribution in [-0.2, 0) is 32.7 Å². The molecular formula is C49H76NO9P. The Morgan fingerprint density at radius 1 is 0.583 bits per heavy atom. The molecule has 11 heteroatoms. The SMILES string of the molecule is CC/C=C\C/C=C\C/C=C\C/C=C\C/C=C\C=C/C(O)CCC(=O)O[C@H](COC(=O)CCCCC/C=C\C/C=C\C/C=C\C/C=C\C/C=C\CC)COP(=O)(O)OCCN. The van der Waals surface area contributed by atoms with Crippen molar-refractivity contribution in [3.63, 3.8) is 0 Å². The van der Waals surface area contributed by atoms with Crippen molar-refractivity contribution in [1.82, 2.24) is 0 Å². The highest BCUT2D eigenvalue weighted by atomic mass is 31.2. The number of esters is 2. The van der Waals surface area contributed by atoms with Gasteiger partial charge in [-0.3, -0.25) is 18.6 Å². The van der Waals surface area contributed by atoms with Crippen LogP contribution in [0.3, 0.4) is 0 Å². The third kappa shape index (κ3) is 42.2. The molecule has 3 atom stereocenters. The molecule has 0 rings (SSSR count). The van der Waals surface area contributed by atoms with Crippen LogP contribution in [0.5, 0.6) is 0 Å². The molecule has 0 aromatic carbocycles. The Kier molecular flexibility index (Phi) is 40.4. The molecule has 60 heavy (non-hydrogen) atoms. The minimum Gasteiger partial charge on any atom is -0.462 e. The van der Waals surface area contributed by atoms with Gasteiger partial charge < -0.3 is 25.2 Å². The van der Waals surface area contributed by atoms with Crippen LogP contribution in [0, 0.1) is 0 Å². The molecular weight excluding hydrogens is 778 g/mol. The maximum absolute atomic E-state index is 12.6. The molecule has 0 spiro atoms. The number of unbranched alkanes of at least 4 members (excludes halogenated alkanes) is 3. The van der Waals surface area contributed by atoms with Gasteiger partial charge in [0.25, 0.3) is 0 Å². The number of hydrogen-bond donors (Lipinski definition) is 3. The number of phosphoric acid groups is 1. The summed E-state index contributed by atoms with van der Waals surface area (Å²) in [6, 6.07) is 0. The van der Waals surface area contributed by atoms with Gasteiger partial charge in [0.1, 0.15) is 6.61 Å². The van der Waals surface area contributed by atoms with Crippen molar-refractivity contribution in [2.75, 3.05) is 26.4 Å². The summed E-state index contributed by atoms with van der Waals surface area (Å²) in [5.41, 5.74) is 5.33. The quantitative estimate of drug-likeness (QED) is 0.0180. The zero-order chi connectivity index (χ0) is 44.0. The van der Waals surface area contributed by atoms with Gasteiger partial charge in [0, 0.05) is 19.4 Å². The second-order valence-electron chi connectivity index (χ2n) is 13.6. The van der Waals surface area contributed by atoms with Gasteiger partial charge in [0.2, 0.25) is 0 Å². The average molecular weight is 854 g/mol. The molecule has 0 fully saturated rings. The van der Waals surface area contributed by atoms with Crippen LogP contribution >= 0.6 is 7.82 Å². The normalized spacial score (nSPS) is 15.1. The Labute approximate surface area is 362 Å². The standard InChI is InChI=1S/C49H76NO9P/c1-3-5-7-9-11-13-15-17-19-21-22-23-25-27-29-31-33-35-37-39-48(52)56-44-47(45-58-60(54,55)57-43-42-50)59-49(53)41-40-46(51)38-36-34-32-30-28-26-24-20-18-16-14-12-10-8-6-4-2/h5-8,11-14,17-20,22-23,26-29,32,34,36,38,46-47,51H,3-4,9-10,15-16,21,24-25,30-31,33,35,37,39-45,50H2,1-2H3,(H,54,55)/b7-5-,8-6-,13-11-,14-12-,19-17-,20-18-,23-22-,28-26-,29-27-,34-32-,38-36-/t46?,47-/m1/s1. The molecule has 336 valence electrons. The van der Waals surface area contributed by atoms with Crippen molar-refractivity contribution < 1.29 is 42.7 Å². The number of rotatable bonds is 38. The molecule has 0 saturated heterocycles. The molecule has 0 aromatic rings. The fourth-order valence-electron chi connectivity index (χ4n) is 4.94. The molecule has 0 amide bonds. The summed E-state index contributed by atoms with van der Waals surface area (Å²) >= 11 is 0. The first kappa shape index (κ1) is 56.1. The lowest BCUT2D eigenvalue weighted by molar-refractivity contribution is -0.161. The minimum absolute atomic E-state index is 0.00408. The van der Waals surface area contributed by atoms with Gasteiger partial charge in [0.05, 0.1) is 19.3 Å². The smallest absolute Gasteiger partial charge is 0.462 e. The highest BCUT2D eigenvalue weighted by molar-refractivity contribution is 7.47. The second-order valence-corrected chi connectivity index (χ2v) is 15.1. The van der Waals surface area contributed by atoms with E-state index in [2.05, 4.69) is 123 Å². The Morgan fingerprint density at radius 3 is 1.57 bits per heavy atom. The van der Waals surface area contributed by atoms with Crippen molar-refractivity contribution >= 4 is 19.8 Å². The largest absolute Gasteiger partial charge is 0.472 e. The molecule has 0 heterocycles. The predicted octanol–water partition coefficient (Wildman–Crippen LogP) is 11.7. The average Bonchev–Trinajstić information content (AvgIpc) is 3.23. The molecule has 0 aliphatic heterocycles. The lowest BCUT2D eigenvalue weighted by atomic mass is 10.1. The van der Waals surface area contributed by atoms with E-state index in [9.17, 15) is 24.2 Å². The number of allylic oxidation sites excluding steroid dienone is 21. The van der Waals surface area contributed by atoms with E-state index in [1.165, 1.54) is 0 Å². The first-order chi connectivity index (χ1) is 29.2. The topological polar surface area (TPSA) is 155 Å². The van der Waals surface area contributed by atoms with Crippen molar-refractivity contribution in [3.8, 4) is 0 Å². The van der Waals surface area contributed by atoms with Gasteiger partial charge in [-0.2, -0.15) is 0 Å². The number of phosphoric ester groups is 1. The Hall–Kier alpha value is -3.89. The maximum Gasteiger partial charge on any atom is 0.472 e. The van der Waals surface area contributed by atoms with Gasteiger partial charge in [-0.1, -0.05) is 154 Å². The van der Waals surface area contributed by atoms with E-state index in [0.29, 0.717) is 6.42 Å².